The second kappa shape index (κ2) is 3.96. The molecule has 0 saturated heterocycles. The molecule has 0 aliphatic rings. The molecule has 0 aliphatic carbocycles. The largest absolute Gasteiger partial charge is 0.375 e. The molecule has 0 aliphatic heterocycles. The van der Waals surface area contributed by atoms with Crippen molar-refractivity contribution in [2.75, 3.05) is 20.8 Å². The molecule has 0 aromatic heterocycles. The molecule has 0 bridgehead atoms. The van der Waals surface area contributed by atoms with Gasteiger partial charge in [-0.1, -0.05) is 0 Å². The quantitative estimate of drug-likeness (QED) is 0.393. The summed E-state index contributed by atoms with van der Waals surface area (Å²) in [5.74, 6) is -0.451. The highest BCUT2D eigenvalue weighted by Crippen LogP contribution is 1.83. The Kier molecular flexibility index (Phi) is 3.54. The zero-order valence-corrected chi connectivity index (χ0v) is 5.33. The number of carbonyl (C=O) groups excluding carboxylic acids is 1. The first-order chi connectivity index (χ1) is 4.22. The summed E-state index contributed by atoms with van der Waals surface area (Å²) >= 11 is 0. The van der Waals surface area contributed by atoms with E-state index in [1.807, 2.05) is 0 Å². The molecule has 0 unspecified atom stereocenters. The Hall–Kier alpha value is -0.970. The van der Waals surface area contributed by atoms with Gasteiger partial charge in [-0.25, -0.2) is 0 Å². The normalized spacial score (nSPS) is 8.67. The third-order valence-corrected chi connectivity index (χ3v) is 0.751. The SMILES string of the molecule is COCC(=O)N(C)N=O. The maximum atomic E-state index is 10.5. The van der Waals surface area contributed by atoms with Crippen LogP contribution in [0.25, 0.3) is 0 Å². The van der Waals surface area contributed by atoms with Crippen LogP contribution in [0.5, 0.6) is 0 Å². The molecule has 0 N–H and O–H groups in total. The molecule has 5 heteroatoms. The molecule has 0 aromatic rings. The van der Waals surface area contributed by atoms with Crippen LogP contribution in [-0.2, 0) is 9.53 Å². The zero-order chi connectivity index (χ0) is 7.28. The lowest BCUT2D eigenvalue weighted by molar-refractivity contribution is -0.133. The highest BCUT2D eigenvalue weighted by Gasteiger charge is 2.05. The number of hydrogen-bond acceptors (Lipinski definition) is 4. The minimum atomic E-state index is -0.451. The number of methoxy groups -OCH3 is 1. The Labute approximate surface area is 52.5 Å². The van der Waals surface area contributed by atoms with Crippen molar-refractivity contribution in [1.29, 1.82) is 0 Å². The predicted octanol–water partition coefficient (Wildman–Crippen LogP) is -0.227. The number of likely N-dealkylation sites (N-methyl/N-ethyl adjacent to an activating group) is 1. The number of ether oxygens (including phenoxy) is 1. The summed E-state index contributed by atoms with van der Waals surface area (Å²) in [6, 6.07) is 0. The Balaban J connectivity index is 3.58. The van der Waals surface area contributed by atoms with Gasteiger partial charge in [0.05, 0.1) is 5.29 Å². The molecule has 0 rings (SSSR count). The molecule has 0 atom stereocenters. The maximum Gasteiger partial charge on any atom is 0.270 e. The lowest BCUT2D eigenvalue weighted by Crippen LogP contribution is -2.24. The van der Waals surface area contributed by atoms with Gasteiger partial charge in [-0.15, -0.1) is 4.91 Å². The van der Waals surface area contributed by atoms with Crippen LogP contribution in [0.4, 0.5) is 0 Å². The van der Waals surface area contributed by atoms with Gasteiger partial charge in [0.2, 0.25) is 0 Å². The molecule has 9 heavy (non-hydrogen) atoms. The Morgan fingerprint density at radius 2 is 2.33 bits per heavy atom. The minimum Gasteiger partial charge on any atom is -0.375 e. The van der Waals surface area contributed by atoms with E-state index in [9.17, 15) is 9.70 Å². The Morgan fingerprint density at radius 3 is 2.67 bits per heavy atom. The van der Waals surface area contributed by atoms with Crippen LogP contribution in [0.15, 0.2) is 5.29 Å². The van der Waals surface area contributed by atoms with E-state index in [0.717, 1.165) is 0 Å². The van der Waals surface area contributed by atoms with Crippen molar-refractivity contribution in [3.05, 3.63) is 4.91 Å². The Bertz CT molecular complexity index is 114. The summed E-state index contributed by atoms with van der Waals surface area (Å²) in [5, 5.41) is 3.04. The molecule has 0 radical (unpaired) electrons. The van der Waals surface area contributed by atoms with Gasteiger partial charge in [-0.2, -0.15) is 5.01 Å². The van der Waals surface area contributed by atoms with E-state index >= 15 is 0 Å². The molecule has 0 spiro atoms. The van der Waals surface area contributed by atoms with Crippen molar-refractivity contribution in [2.24, 2.45) is 5.29 Å². The molecule has 5 nitrogen and oxygen atoms in total. The number of nitrogens with zero attached hydrogens (tertiary/aromatic N) is 2. The van der Waals surface area contributed by atoms with Crippen molar-refractivity contribution >= 4 is 5.91 Å². The van der Waals surface area contributed by atoms with Crippen LogP contribution in [0.2, 0.25) is 0 Å². The first-order valence-corrected chi connectivity index (χ1v) is 2.31. The van der Waals surface area contributed by atoms with Gasteiger partial charge in [-0.05, 0) is 0 Å². The molecule has 0 heterocycles. The topological polar surface area (TPSA) is 59.0 Å². The van der Waals surface area contributed by atoms with Crippen LogP contribution in [-0.4, -0.2) is 31.7 Å². The highest BCUT2D eigenvalue weighted by atomic mass is 16.5. The van der Waals surface area contributed by atoms with Crippen molar-refractivity contribution in [3.8, 4) is 0 Å². The van der Waals surface area contributed by atoms with Crippen LogP contribution in [0.3, 0.4) is 0 Å². The maximum absolute atomic E-state index is 10.5. The number of amides is 1. The first-order valence-electron chi connectivity index (χ1n) is 2.31. The third-order valence-electron chi connectivity index (χ3n) is 0.751. The standard InChI is InChI=1S/C4H8N2O3/c1-6(5-8)4(7)3-9-2/h3H2,1-2H3. The number of hydrogen-bond donors (Lipinski definition) is 0. The van der Waals surface area contributed by atoms with E-state index in [-0.39, 0.29) is 6.61 Å². The first kappa shape index (κ1) is 8.03. The van der Waals surface area contributed by atoms with E-state index in [1.165, 1.54) is 14.2 Å². The summed E-state index contributed by atoms with van der Waals surface area (Å²) in [6.07, 6.45) is 0. The second-order valence-electron chi connectivity index (χ2n) is 1.43. The molecular formula is C4H8N2O3. The summed E-state index contributed by atoms with van der Waals surface area (Å²) < 4.78 is 4.44. The smallest absolute Gasteiger partial charge is 0.270 e. The fraction of sp³-hybridized carbons (Fsp3) is 0.750. The highest BCUT2D eigenvalue weighted by molar-refractivity contribution is 5.76. The average Bonchev–Trinajstić information content (AvgIpc) is 1.87. The van der Waals surface area contributed by atoms with E-state index in [2.05, 4.69) is 10.0 Å². The second-order valence-corrected chi connectivity index (χ2v) is 1.43. The molecule has 0 saturated carbocycles. The van der Waals surface area contributed by atoms with Gasteiger partial charge in [0, 0.05) is 14.2 Å². The monoisotopic (exact) mass is 132 g/mol. The predicted molar refractivity (Wildman–Crippen MR) is 30.4 cm³/mol. The Morgan fingerprint density at radius 1 is 1.78 bits per heavy atom. The van der Waals surface area contributed by atoms with Gasteiger partial charge in [0.1, 0.15) is 6.61 Å². The van der Waals surface area contributed by atoms with Crippen LogP contribution >= 0.6 is 0 Å². The lowest BCUT2D eigenvalue weighted by atomic mass is 10.6. The zero-order valence-electron chi connectivity index (χ0n) is 5.33. The molecular weight excluding hydrogens is 124 g/mol. The molecule has 0 aromatic carbocycles. The number of rotatable bonds is 3. The lowest BCUT2D eigenvalue weighted by Gasteiger charge is -2.03. The van der Waals surface area contributed by atoms with Gasteiger partial charge in [0.15, 0.2) is 0 Å². The summed E-state index contributed by atoms with van der Waals surface area (Å²) in [5.41, 5.74) is 0. The number of nitroso groups, excluding NO2 is 1. The van der Waals surface area contributed by atoms with Gasteiger partial charge < -0.3 is 4.74 Å². The fourth-order valence-electron chi connectivity index (χ4n) is 0.262. The van der Waals surface area contributed by atoms with Crippen LogP contribution < -0.4 is 0 Å². The van der Waals surface area contributed by atoms with Crippen molar-refractivity contribution in [3.63, 3.8) is 0 Å². The van der Waals surface area contributed by atoms with E-state index < -0.39 is 5.91 Å². The van der Waals surface area contributed by atoms with Crippen LogP contribution in [0, 0.1) is 4.91 Å². The minimum absolute atomic E-state index is 0.109. The van der Waals surface area contributed by atoms with Crippen molar-refractivity contribution < 1.29 is 9.53 Å². The number of carbonyl (C=O) groups is 1. The third kappa shape index (κ3) is 2.76. The molecule has 0 fully saturated rings. The summed E-state index contributed by atoms with van der Waals surface area (Å²) in [7, 11) is 2.64. The average molecular weight is 132 g/mol. The van der Waals surface area contributed by atoms with E-state index in [1.54, 1.807) is 0 Å². The van der Waals surface area contributed by atoms with Gasteiger partial charge >= 0.3 is 0 Å². The van der Waals surface area contributed by atoms with Gasteiger partial charge in [-0.3, -0.25) is 4.79 Å². The molecule has 1 amide bonds. The fourth-order valence-corrected chi connectivity index (χ4v) is 0.262. The molecule has 52 valence electrons. The van der Waals surface area contributed by atoms with E-state index in [0.29, 0.717) is 5.01 Å². The van der Waals surface area contributed by atoms with Crippen molar-refractivity contribution in [1.82, 2.24) is 5.01 Å². The summed E-state index contributed by atoms with van der Waals surface area (Å²) in [6.45, 7) is -0.109. The van der Waals surface area contributed by atoms with Gasteiger partial charge in [0.25, 0.3) is 5.91 Å². The summed E-state index contributed by atoms with van der Waals surface area (Å²) in [4.78, 5) is 20.1. The van der Waals surface area contributed by atoms with Crippen LogP contribution in [0.1, 0.15) is 0 Å². The van der Waals surface area contributed by atoms with Crippen molar-refractivity contribution in [2.45, 2.75) is 0 Å². The van der Waals surface area contributed by atoms with E-state index in [4.69, 9.17) is 0 Å².